The van der Waals surface area contributed by atoms with E-state index in [1.54, 1.807) is 6.20 Å². The smallest absolute Gasteiger partial charge is 0.324 e. The quantitative estimate of drug-likeness (QED) is 0.842. The summed E-state index contributed by atoms with van der Waals surface area (Å²) in [5.74, 6) is -0.166. The molecular formula is C11H16ClN3O2S. The molecule has 100 valence electrons. The van der Waals surface area contributed by atoms with Gasteiger partial charge in [0, 0.05) is 37.3 Å². The lowest BCUT2D eigenvalue weighted by molar-refractivity contribution is -0.150. The van der Waals surface area contributed by atoms with Gasteiger partial charge in [-0.1, -0.05) is 11.6 Å². The van der Waals surface area contributed by atoms with E-state index in [2.05, 4.69) is 15.2 Å². The van der Waals surface area contributed by atoms with Gasteiger partial charge < -0.3 is 10.1 Å². The van der Waals surface area contributed by atoms with Gasteiger partial charge >= 0.3 is 5.97 Å². The van der Waals surface area contributed by atoms with Crippen LogP contribution in [-0.4, -0.2) is 48.1 Å². The van der Waals surface area contributed by atoms with Crippen LogP contribution < -0.4 is 5.32 Å². The molecule has 1 unspecified atom stereocenters. The molecule has 1 saturated heterocycles. The lowest BCUT2D eigenvalue weighted by Crippen LogP contribution is -2.54. The molecule has 0 radical (unpaired) electrons. The van der Waals surface area contributed by atoms with Gasteiger partial charge in [0.15, 0.2) is 4.47 Å². The number of ether oxygens (including phenoxy) is 1. The van der Waals surface area contributed by atoms with Gasteiger partial charge in [-0.25, -0.2) is 4.98 Å². The summed E-state index contributed by atoms with van der Waals surface area (Å²) in [6, 6.07) is -0.223. The number of hydrogen-bond donors (Lipinski definition) is 1. The highest BCUT2D eigenvalue weighted by atomic mass is 35.5. The Balaban J connectivity index is 2.01. The van der Waals surface area contributed by atoms with E-state index in [0.717, 1.165) is 18.0 Å². The van der Waals surface area contributed by atoms with E-state index < -0.39 is 0 Å². The number of aromatic nitrogens is 1. The first-order chi connectivity index (χ1) is 8.70. The number of nitrogens with one attached hydrogen (secondary N) is 1. The third-order valence-electron chi connectivity index (χ3n) is 2.80. The number of thiazole rings is 1. The van der Waals surface area contributed by atoms with Gasteiger partial charge in [0.05, 0.1) is 6.61 Å². The Labute approximate surface area is 115 Å². The maximum Gasteiger partial charge on any atom is 0.324 e. The molecule has 2 rings (SSSR count). The zero-order chi connectivity index (χ0) is 13.0. The maximum absolute atomic E-state index is 11.9. The van der Waals surface area contributed by atoms with Gasteiger partial charge in [-0.2, -0.15) is 0 Å². The van der Waals surface area contributed by atoms with Crippen molar-refractivity contribution in [3.63, 3.8) is 0 Å². The van der Waals surface area contributed by atoms with Crippen LogP contribution in [0.25, 0.3) is 0 Å². The van der Waals surface area contributed by atoms with Gasteiger partial charge in [0.1, 0.15) is 6.04 Å². The van der Waals surface area contributed by atoms with Crippen molar-refractivity contribution in [2.45, 2.75) is 19.5 Å². The number of esters is 1. The van der Waals surface area contributed by atoms with Crippen molar-refractivity contribution >= 4 is 28.9 Å². The summed E-state index contributed by atoms with van der Waals surface area (Å²) in [4.78, 5) is 19.1. The molecule has 1 aromatic heterocycles. The van der Waals surface area contributed by atoms with Gasteiger partial charge in [0.2, 0.25) is 0 Å². The summed E-state index contributed by atoms with van der Waals surface area (Å²) >= 11 is 7.26. The SMILES string of the molecule is CCOC(=O)C1CNCCN1Cc1cnc(Cl)s1. The molecule has 1 atom stereocenters. The number of hydrogen-bond acceptors (Lipinski definition) is 6. The fourth-order valence-corrected chi connectivity index (χ4v) is 2.97. The Morgan fingerprint density at radius 3 is 3.28 bits per heavy atom. The first-order valence-electron chi connectivity index (χ1n) is 5.92. The Morgan fingerprint density at radius 1 is 1.78 bits per heavy atom. The molecule has 1 fully saturated rings. The zero-order valence-electron chi connectivity index (χ0n) is 10.2. The predicted molar refractivity (Wildman–Crippen MR) is 70.8 cm³/mol. The summed E-state index contributed by atoms with van der Waals surface area (Å²) in [6.07, 6.45) is 1.76. The molecule has 2 heterocycles. The Bertz CT molecular complexity index is 413. The van der Waals surface area contributed by atoms with E-state index >= 15 is 0 Å². The van der Waals surface area contributed by atoms with E-state index in [0.29, 0.717) is 24.2 Å². The molecule has 0 amide bonds. The standard InChI is InChI=1S/C11H16ClN3O2S/c1-2-17-10(16)9-6-13-3-4-15(9)7-8-5-14-11(12)18-8/h5,9,13H,2-4,6-7H2,1H3. The van der Waals surface area contributed by atoms with E-state index in [1.165, 1.54) is 11.3 Å². The van der Waals surface area contributed by atoms with Crippen molar-refractivity contribution in [3.05, 3.63) is 15.5 Å². The Morgan fingerprint density at radius 2 is 2.61 bits per heavy atom. The summed E-state index contributed by atoms with van der Waals surface area (Å²) < 4.78 is 5.63. The van der Waals surface area contributed by atoms with E-state index in [4.69, 9.17) is 16.3 Å². The molecule has 0 spiro atoms. The van der Waals surface area contributed by atoms with Crippen LogP contribution in [0, 0.1) is 0 Å². The van der Waals surface area contributed by atoms with Gasteiger partial charge in [0.25, 0.3) is 0 Å². The number of carbonyl (C=O) groups is 1. The van der Waals surface area contributed by atoms with Gasteiger partial charge in [-0.05, 0) is 6.92 Å². The Kier molecular flexibility index (Phi) is 4.94. The third kappa shape index (κ3) is 3.41. The largest absolute Gasteiger partial charge is 0.465 e. The van der Waals surface area contributed by atoms with E-state index in [-0.39, 0.29) is 12.0 Å². The minimum atomic E-state index is -0.223. The second-order valence-corrected chi connectivity index (χ2v) is 5.72. The first-order valence-corrected chi connectivity index (χ1v) is 7.11. The molecule has 0 saturated carbocycles. The second kappa shape index (κ2) is 6.47. The van der Waals surface area contributed by atoms with Crippen molar-refractivity contribution in [2.24, 2.45) is 0 Å². The van der Waals surface area contributed by atoms with Crippen LogP contribution in [0.4, 0.5) is 0 Å². The zero-order valence-corrected chi connectivity index (χ0v) is 11.8. The second-order valence-electron chi connectivity index (χ2n) is 4.02. The van der Waals surface area contributed by atoms with Crippen molar-refractivity contribution in [2.75, 3.05) is 26.2 Å². The number of rotatable bonds is 4. The van der Waals surface area contributed by atoms with Gasteiger partial charge in [-0.15, -0.1) is 11.3 Å². The van der Waals surface area contributed by atoms with E-state index in [9.17, 15) is 4.79 Å². The average Bonchev–Trinajstić information content (AvgIpc) is 2.76. The van der Waals surface area contributed by atoms with Crippen LogP contribution in [0.1, 0.15) is 11.8 Å². The summed E-state index contributed by atoms with van der Waals surface area (Å²) in [5, 5.41) is 3.21. The minimum absolute atomic E-state index is 0.166. The molecule has 1 aliphatic rings. The van der Waals surface area contributed by atoms with Crippen LogP contribution in [0.15, 0.2) is 6.20 Å². The highest BCUT2D eigenvalue weighted by Gasteiger charge is 2.29. The first kappa shape index (κ1) is 13.7. The lowest BCUT2D eigenvalue weighted by atomic mass is 10.2. The number of nitrogens with zero attached hydrogens (tertiary/aromatic N) is 2. The number of halogens is 1. The average molecular weight is 290 g/mol. The monoisotopic (exact) mass is 289 g/mol. The van der Waals surface area contributed by atoms with Crippen molar-refractivity contribution in [1.82, 2.24) is 15.2 Å². The summed E-state index contributed by atoms with van der Waals surface area (Å²) in [6.45, 7) is 5.25. The fourth-order valence-electron chi connectivity index (χ4n) is 1.96. The fraction of sp³-hybridized carbons (Fsp3) is 0.636. The van der Waals surface area contributed by atoms with Crippen molar-refractivity contribution in [3.8, 4) is 0 Å². The highest BCUT2D eigenvalue weighted by Crippen LogP contribution is 2.20. The molecule has 18 heavy (non-hydrogen) atoms. The summed E-state index contributed by atoms with van der Waals surface area (Å²) in [7, 11) is 0. The normalized spacial score (nSPS) is 20.9. The molecule has 0 aliphatic carbocycles. The Hall–Kier alpha value is -0.690. The molecule has 1 aliphatic heterocycles. The lowest BCUT2D eigenvalue weighted by Gasteiger charge is -2.33. The number of piperazine rings is 1. The third-order valence-corrected chi connectivity index (χ3v) is 3.90. The maximum atomic E-state index is 11.9. The van der Waals surface area contributed by atoms with E-state index in [1.807, 2.05) is 6.92 Å². The van der Waals surface area contributed by atoms with Crippen molar-refractivity contribution in [1.29, 1.82) is 0 Å². The molecule has 0 bridgehead atoms. The van der Waals surface area contributed by atoms with Crippen LogP contribution in [0.2, 0.25) is 4.47 Å². The van der Waals surface area contributed by atoms with Gasteiger partial charge in [-0.3, -0.25) is 9.69 Å². The number of carbonyl (C=O) groups excluding carboxylic acids is 1. The molecule has 1 N–H and O–H groups in total. The molecule has 5 nitrogen and oxygen atoms in total. The molecule has 7 heteroatoms. The van der Waals surface area contributed by atoms with Crippen LogP contribution >= 0.6 is 22.9 Å². The van der Waals surface area contributed by atoms with Crippen molar-refractivity contribution < 1.29 is 9.53 Å². The molecule has 1 aromatic rings. The van der Waals surface area contributed by atoms with Crippen LogP contribution in [0.5, 0.6) is 0 Å². The van der Waals surface area contributed by atoms with Crippen LogP contribution in [-0.2, 0) is 16.1 Å². The topological polar surface area (TPSA) is 54.5 Å². The highest BCUT2D eigenvalue weighted by molar-refractivity contribution is 7.15. The summed E-state index contributed by atoms with van der Waals surface area (Å²) in [5.41, 5.74) is 0. The predicted octanol–water partition coefficient (Wildman–Crippen LogP) is 1.13. The minimum Gasteiger partial charge on any atom is -0.465 e. The molecule has 0 aromatic carbocycles. The molecular weight excluding hydrogens is 274 g/mol. The van der Waals surface area contributed by atoms with Crippen LogP contribution in [0.3, 0.4) is 0 Å².